The van der Waals surface area contributed by atoms with Gasteiger partial charge in [-0.15, -0.1) is 0 Å². The van der Waals surface area contributed by atoms with Gasteiger partial charge in [-0.05, 0) is 52.5 Å². The first kappa shape index (κ1) is 14.9. The molecule has 0 aromatic carbocycles. The Bertz CT molecular complexity index is 201. The second kappa shape index (κ2) is 8.03. The molecule has 1 aliphatic heterocycles. The van der Waals surface area contributed by atoms with E-state index < -0.39 is 0 Å². The van der Waals surface area contributed by atoms with Gasteiger partial charge in [0.1, 0.15) is 0 Å². The maximum absolute atomic E-state index is 9.20. The van der Waals surface area contributed by atoms with E-state index in [2.05, 4.69) is 36.1 Å². The number of aliphatic hydroxyl groups excluding tert-OH is 1. The van der Waals surface area contributed by atoms with Crippen LogP contribution in [0.2, 0.25) is 0 Å². The van der Waals surface area contributed by atoms with Crippen molar-refractivity contribution in [2.75, 3.05) is 53.4 Å². The normalized spacial score (nSPS) is 23.5. The van der Waals surface area contributed by atoms with Crippen molar-refractivity contribution >= 4 is 0 Å². The van der Waals surface area contributed by atoms with Gasteiger partial charge in [0.25, 0.3) is 0 Å². The molecule has 1 heterocycles. The van der Waals surface area contributed by atoms with Gasteiger partial charge in [0, 0.05) is 19.1 Å². The van der Waals surface area contributed by atoms with Crippen molar-refractivity contribution < 1.29 is 5.11 Å². The van der Waals surface area contributed by atoms with Crippen LogP contribution in [0.1, 0.15) is 19.8 Å². The molecule has 17 heavy (non-hydrogen) atoms. The van der Waals surface area contributed by atoms with Gasteiger partial charge in [0.2, 0.25) is 0 Å². The first-order valence-electron chi connectivity index (χ1n) is 6.87. The van der Waals surface area contributed by atoms with Crippen LogP contribution in [0.4, 0.5) is 0 Å². The Balaban J connectivity index is 2.13. The maximum Gasteiger partial charge on any atom is 0.0585 e. The highest BCUT2D eigenvalue weighted by molar-refractivity contribution is 4.76. The van der Waals surface area contributed by atoms with Gasteiger partial charge in [0.15, 0.2) is 0 Å². The molecule has 0 radical (unpaired) electrons. The van der Waals surface area contributed by atoms with E-state index in [9.17, 15) is 5.11 Å². The molecule has 0 aromatic rings. The Hall–Kier alpha value is -0.160. The number of hydrogen-bond donors (Lipinski definition) is 2. The second-order valence-electron chi connectivity index (χ2n) is 5.41. The fraction of sp³-hybridized carbons (Fsp3) is 1.00. The van der Waals surface area contributed by atoms with Gasteiger partial charge in [-0.3, -0.25) is 0 Å². The molecule has 1 rings (SSSR count). The van der Waals surface area contributed by atoms with Crippen molar-refractivity contribution in [3.05, 3.63) is 0 Å². The lowest BCUT2D eigenvalue weighted by atomic mass is 10.1. The summed E-state index contributed by atoms with van der Waals surface area (Å²) in [5.74, 6) is 0.830. The first-order valence-corrected chi connectivity index (χ1v) is 6.87. The molecule has 0 bridgehead atoms. The molecule has 1 saturated heterocycles. The molecule has 1 aliphatic rings. The highest BCUT2D eigenvalue weighted by Gasteiger charge is 2.20. The van der Waals surface area contributed by atoms with Crippen molar-refractivity contribution in [1.82, 2.24) is 15.1 Å². The minimum absolute atomic E-state index is 0.244. The summed E-state index contributed by atoms with van der Waals surface area (Å²) < 4.78 is 0. The summed E-state index contributed by atoms with van der Waals surface area (Å²) in [6.07, 6.45) is 2.36. The van der Waals surface area contributed by atoms with Gasteiger partial charge in [-0.2, -0.15) is 0 Å². The Kier molecular flexibility index (Phi) is 7.04. The van der Waals surface area contributed by atoms with E-state index in [4.69, 9.17) is 0 Å². The van der Waals surface area contributed by atoms with Crippen molar-refractivity contribution in [3.63, 3.8) is 0 Å². The largest absolute Gasteiger partial charge is 0.395 e. The van der Waals surface area contributed by atoms with E-state index in [-0.39, 0.29) is 12.6 Å². The van der Waals surface area contributed by atoms with Crippen LogP contribution < -0.4 is 5.32 Å². The van der Waals surface area contributed by atoms with Crippen LogP contribution in [0.15, 0.2) is 0 Å². The number of nitrogens with one attached hydrogen (secondary N) is 1. The molecule has 102 valence electrons. The number of nitrogens with zero attached hydrogens (tertiary/aromatic N) is 2. The van der Waals surface area contributed by atoms with Crippen LogP contribution >= 0.6 is 0 Å². The fourth-order valence-corrected chi connectivity index (χ4v) is 2.63. The third kappa shape index (κ3) is 5.82. The average molecular weight is 243 g/mol. The zero-order valence-corrected chi connectivity index (χ0v) is 11.7. The molecular weight excluding hydrogens is 214 g/mol. The Morgan fingerprint density at radius 2 is 2.29 bits per heavy atom. The standard InChI is InChI=1S/C13H29N3O/c1-4-14-13(11-17)6-8-16(3)10-12-5-7-15(2)9-12/h12-14,17H,4-11H2,1-3H3. The van der Waals surface area contributed by atoms with Crippen molar-refractivity contribution in [2.45, 2.75) is 25.8 Å². The van der Waals surface area contributed by atoms with E-state index in [1.165, 1.54) is 26.1 Å². The Morgan fingerprint density at radius 3 is 2.82 bits per heavy atom. The highest BCUT2D eigenvalue weighted by Crippen LogP contribution is 2.15. The highest BCUT2D eigenvalue weighted by atomic mass is 16.3. The molecule has 2 unspecified atom stereocenters. The molecule has 0 saturated carbocycles. The summed E-state index contributed by atoms with van der Waals surface area (Å²) in [6, 6.07) is 0.258. The average Bonchev–Trinajstić information content (AvgIpc) is 2.70. The van der Waals surface area contributed by atoms with Gasteiger partial charge in [-0.25, -0.2) is 0 Å². The first-order chi connectivity index (χ1) is 8.15. The van der Waals surface area contributed by atoms with Gasteiger partial charge in [-0.1, -0.05) is 6.92 Å². The van der Waals surface area contributed by atoms with Gasteiger partial charge < -0.3 is 20.2 Å². The topological polar surface area (TPSA) is 38.7 Å². The summed E-state index contributed by atoms with van der Waals surface area (Å²) in [5, 5.41) is 12.5. The van der Waals surface area contributed by atoms with Gasteiger partial charge in [0.05, 0.1) is 6.61 Å². The number of likely N-dealkylation sites (tertiary alicyclic amines) is 1. The quantitative estimate of drug-likeness (QED) is 0.640. The Labute approximate surface area is 106 Å². The number of likely N-dealkylation sites (N-methyl/N-ethyl adjacent to an activating group) is 1. The number of hydrogen-bond acceptors (Lipinski definition) is 4. The molecule has 2 N–H and O–H groups in total. The SMILES string of the molecule is CCNC(CO)CCN(C)CC1CCN(C)C1. The lowest BCUT2D eigenvalue weighted by molar-refractivity contribution is 0.210. The zero-order valence-electron chi connectivity index (χ0n) is 11.7. The van der Waals surface area contributed by atoms with E-state index in [0.717, 1.165) is 25.4 Å². The molecule has 4 heteroatoms. The van der Waals surface area contributed by atoms with Crippen LogP contribution in [-0.2, 0) is 0 Å². The van der Waals surface area contributed by atoms with Crippen LogP contribution in [-0.4, -0.2) is 74.4 Å². The summed E-state index contributed by atoms with van der Waals surface area (Å²) in [7, 11) is 4.39. The van der Waals surface area contributed by atoms with E-state index in [1.54, 1.807) is 0 Å². The van der Waals surface area contributed by atoms with Crippen LogP contribution in [0.3, 0.4) is 0 Å². The maximum atomic E-state index is 9.20. The second-order valence-corrected chi connectivity index (χ2v) is 5.41. The lowest BCUT2D eigenvalue weighted by Gasteiger charge is -2.23. The molecular formula is C13H29N3O. The van der Waals surface area contributed by atoms with Crippen molar-refractivity contribution in [1.29, 1.82) is 0 Å². The molecule has 0 spiro atoms. The predicted octanol–water partition coefficient (Wildman–Crippen LogP) is 0.230. The molecule has 1 fully saturated rings. The third-order valence-electron chi connectivity index (χ3n) is 3.63. The Morgan fingerprint density at radius 1 is 1.53 bits per heavy atom. The fourth-order valence-electron chi connectivity index (χ4n) is 2.63. The van der Waals surface area contributed by atoms with Crippen LogP contribution in [0, 0.1) is 5.92 Å². The smallest absolute Gasteiger partial charge is 0.0585 e. The van der Waals surface area contributed by atoms with Crippen LogP contribution in [0.25, 0.3) is 0 Å². The number of rotatable bonds is 8. The third-order valence-corrected chi connectivity index (χ3v) is 3.63. The molecule has 0 aliphatic carbocycles. The van der Waals surface area contributed by atoms with Crippen molar-refractivity contribution in [2.24, 2.45) is 5.92 Å². The van der Waals surface area contributed by atoms with E-state index in [1.807, 2.05) is 0 Å². The zero-order chi connectivity index (χ0) is 12.7. The number of aliphatic hydroxyl groups is 1. The predicted molar refractivity (Wildman–Crippen MR) is 72.3 cm³/mol. The molecule has 2 atom stereocenters. The van der Waals surface area contributed by atoms with E-state index in [0.29, 0.717) is 0 Å². The summed E-state index contributed by atoms with van der Waals surface area (Å²) in [5.41, 5.74) is 0. The minimum Gasteiger partial charge on any atom is -0.395 e. The lowest BCUT2D eigenvalue weighted by Crippen LogP contribution is -2.37. The van der Waals surface area contributed by atoms with E-state index >= 15 is 0 Å². The van der Waals surface area contributed by atoms with Crippen molar-refractivity contribution in [3.8, 4) is 0 Å². The van der Waals surface area contributed by atoms with Gasteiger partial charge >= 0.3 is 0 Å². The summed E-state index contributed by atoms with van der Waals surface area (Å²) in [6.45, 7) is 8.00. The molecule has 0 aromatic heterocycles. The molecule has 0 amide bonds. The van der Waals surface area contributed by atoms with Crippen LogP contribution in [0.5, 0.6) is 0 Å². The summed E-state index contributed by atoms with van der Waals surface area (Å²) >= 11 is 0. The summed E-state index contributed by atoms with van der Waals surface area (Å²) in [4.78, 5) is 4.82. The monoisotopic (exact) mass is 243 g/mol. The minimum atomic E-state index is 0.244. The molecule has 4 nitrogen and oxygen atoms in total.